The van der Waals surface area contributed by atoms with Gasteiger partial charge in [0.2, 0.25) is 0 Å². The number of aromatic nitrogens is 1. The number of aliphatic imine (C=N–C) groups is 1. The van der Waals surface area contributed by atoms with Gasteiger partial charge in [0, 0.05) is 25.0 Å². The van der Waals surface area contributed by atoms with Crippen molar-refractivity contribution < 1.29 is 4.79 Å². The van der Waals surface area contributed by atoms with Crippen LogP contribution in [-0.4, -0.2) is 29.1 Å². The third-order valence-corrected chi connectivity index (χ3v) is 2.58. The Balaban J connectivity index is 2.68. The molecule has 0 spiro atoms. The number of hydrogen-bond donors (Lipinski definition) is 0. The molecule has 0 N–H and O–H groups in total. The van der Waals surface area contributed by atoms with Crippen molar-refractivity contribution in [2.75, 3.05) is 13.3 Å². The minimum Gasteiger partial charge on any atom is -0.294 e. The Labute approximate surface area is 87.7 Å². The van der Waals surface area contributed by atoms with Crippen LogP contribution in [0.15, 0.2) is 29.5 Å². The number of Topliss-reactive ketones (excluding diaryl/α,β-unsaturated/α-hetero) is 1. The Hall–Kier alpha value is -1.16. The van der Waals surface area contributed by atoms with E-state index in [-0.39, 0.29) is 5.78 Å². The van der Waals surface area contributed by atoms with Crippen LogP contribution in [0.5, 0.6) is 0 Å². The Morgan fingerprint density at radius 1 is 1.64 bits per heavy atom. The highest BCUT2D eigenvalue weighted by atomic mass is 32.2. The van der Waals surface area contributed by atoms with Crippen LogP contribution < -0.4 is 0 Å². The molecule has 1 aromatic rings. The standard InChI is InChI=1S/C10H12N2OS/c1-11-10(14-2)6-9(13)8-4-3-5-12-7-8/h3-5,7H,6H2,1-2H3. The summed E-state index contributed by atoms with van der Waals surface area (Å²) in [5, 5.41) is 0.846. The zero-order chi connectivity index (χ0) is 10.4. The highest BCUT2D eigenvalue weighted by molar-refractivity contribution is 8.13. The minimum atomic E-state index is 0.0630. The Morgan fingerprint density at radius 2 is 2.43 bits per heavy atom. The van der Waals surface area contributed by atoms with Gasteiger partial charge in [-0.2, -0.15) is 0 Å². The topological polar surface area (TPSA) is 42.3 Å². The van der Waals surface area contributed by atoms with Crippen LogP contribution in [0.3, 0.4) is 0 Å². The van der Waals surface area contributed by atoms with Crippen molar-refractivity contribution in [2.45, 2.75) is 6.42 Å². The second-order valence-electron chi connectivity index (χ2n) is 2.66. The van der Waals surface area contributed by atoms with Crippen LogP contribution in [0.4, 0.5) is 0 Å². The molecule has 0 atom stereocenters. The summed E-state index contributed by atoms with van der Waals surface area (Å²) in [6.45, 7) is 0. The zero-order valence-electron chi connectivity index (χ0n) is 8.23. The van der Waals surface area contributed by atoms with E-state index in [1.165, 1.54) is 11.8 Å². The van der Waals surface area contributed by atoms with E-state index in [1.807, 2.05) is 6.26 Å². The molecule has 74 valence electrons. The lowest BCUT2D eigenvalue weighted by Gasteiger charge is -2.00. The van der Waals surface area contributed by atoms with Crippen molar-refractivity contribution in [1.82, 2.24) is 4.98 Å². The van der Waals surface area contributed by atoms with Crippen molar-refractivity contribution in [3.63, 3.8) is 0 Å². The third-order valence-electron chi connectivity index (χ3n) is 1.78. The second kappa shape index (κ2) is 5.54. The molecule has 0 aliphatic carbocycles. The molecule has 0 saturated heterocycles. The van der Waals surface area contributed by atoms with E-state index in [1.54, 1.807) is 31.6 Å². The van der Waals surface area contributed by atoms with Gasteiger partial charge in [0.25, 0.3) is 0 Å². The summed E-state index contributed by atoms with van der Waals surface area (Å²) in [4.78, 5) is 19.5. The second-order valence-corrected chi connectivity index (χ2v) is 3.54. The first-order valence-electron chi connectivity index (χ1n) is 4.20. The van der Waals surface area contributed by atoms with E-state index in [9.17, 15) is 4.79 Å². The lowest BCUT2D eigenvalue weighted by Crippen LogP contribution is -2.05. The maximum atomic E-state index is 11.6. The molecular weight excluding hydrogens is 196 g/mol. The third kappa shape index (κ3) is 2.96. The van der Waals surface area contributed by atoms with Crippen LogP contribution >= 0.6 is 11.8 Å². The first-order chi connectivity index (χ1) is 6.77. The maximum Gasteiger partial charge on any atom is 0.170 e. The molecule has 0 aromatic carbocycles. The van der Waals surface area contributed by atoms with Crippen LogP contribution in [0.2, 0.25) is 0 Å². The number of ketones is 1. The molecule has 4 heteroatoms. The molecule has 0 amide bonds. The van der Waals surface area contributed by atoms with Crippen molar-refractivity contribution in [1.29, 1.82) is 0 Å². The van der Waals surface area contributed by atoms with Gasteiger partial charge in [-0.3, -0.25) is 14.8 Å². The zero-order valence-corrected chi connectivity index (χ0v) is 9.04. The number of carbonyl (C=O) groups excluding carboxylic acids is 1. The molecule has 0 radical (unpaired) electrons. The summed E-state index contributed by atoms with van der Waals surface area (Å²) in [5.41, 5.74) is 0.641. The van der Waals surface area contributed by atoms with Crippen molar-refractivity contribution >= 4 is 22.6 Å². The summed E-state index contributed by atoms with van der Waals surface area (Å²) in [7, 11) is 1.70. The normalized spacial score (nSPS) is 11.4. The van der Waals surface area contributed by atoms with Crippen LogP contribution in [0.1, 0.15) is 16.8 Å². The van der Waals surface area contributed by atoms with Gasteiger partial charge in [0.15, 0.2) is 5.78 Å². The number of hydrogen-bond acceptors (Lipinski definition) is 4. The van der Waals surface area contributed by atoms with Gasteiger partial charge in [-0.25, -0.2) is 0 Å². The lowest BCUT2D eigenvalue weighted by atomic mass is 10.1. The Morgan fingerprint density at radius 3 is 2.93 bits per heavy atom. The van der Waals surface area contributed by atoms with E-state index in [0.717, 1.165) is 5.04 Å². The fraction of sp³-hybridized carbons (Fsp3) is 0.300. The van der Waals surface area contributed by atoms with E-state index in [0.29, 0.717) is 12.0 Å². The highest BCUT2D eigenvalue weighted by Crippen LogP contribution is 2.08. The summed E-state index contributed by atoms with van der Waals surface area (Å²) >= 11 is 1.50. The van der Waals surface area contributed by atoms with Gasteiger partial charge in [-0.15, -0.1) is 11.8 Å². The number of rotatable bonds is 3. The predicted octanol–water partition coefficient (Wildman–Crippen LogP) is 2.05. The molecule has 1 rings (SSSR count). The van der Waals surface area contributed by atoms with Gasteiger partial charge in [0.1, 0.15) is 0 Å². The van der Waals surface area contributed by atoms with Crippen molar-refractivity contribution in [2.24, 2.45) is 4.99 Å². The average molecular weight is 208 g/mol. The molecule has 14 heavy (non-hydrogen) atoms. The molecular formula is C10H12N2OS. The molecule has 1 aromatic heterocycles. The SMILES string of the molecule is CN=C(CC(=O)c1cccnc1)SC. The van der Waals surface area contributed by atoms with Gasteiger partial charge in [-0.05, 0) is 18.4 Å². The monoisotopic (exact) mass is 208 g/mol. The fourth-order valence-electron chi connectivity index (χ4n) is 1.01. The Bertz CT molecular complexity index is 335. The Kier molecular flexibility index (Phi) is 4.32. The van der Waals surface area contributed by atoms with Gasteiger partial charge < -0.3 is 0 Å². The molecule has 0 saturated carbocycles. The lowest BCUT2D eigenvalue weighted by molar-refractivity contribution is 0.100. The predicted molar refractivity (Wildman–Crippen MR) is 60.1 cm³/mol. The van der Waals surface area contributed by atoms with Crippen LogP contribution in [0, 0.1) is 0 Å². The molecule has 0 aliphatic heterocycles. The largest absolute Gasteiger partial charge is 0.294 e. The molecule has 3 nitrogen and oxygen atoms in total. The molecule has 1 heterocycles. The summed E-state index contributed by atoms with van der Waals surface area (Å²) < 4.78 is 0. The van der Waals surface area contributed by atoms with Crippen LogP contribution in [0.25, 0.3) is 0 Å². The minimum absolute atomic E-state index is 0.0630. The summed E-state index contributed by atoms with van der Waals surface area (Å²) in [6, 6.07) is 3.53. The van der Waals surface area contributed by atoms with E-state index in [4.69, 9.17) is 0 Å². The first kappa shape index (κ1) is 10.9. The smallest absolute Gasteiger partial charge is 0.170 e. The molecule has 0 unspecified atom stereocenters. The van der Waals surface area contributed by atoms with Gasteiger partial charge in [-0.1, -0.05) is 0 Å². The molecule has 0 aliphatic rings. The number of carbonyl (C=O) groups is 1. The van der Waals surface area contributed by atoms with Gasteiger partial charge >= 0.3 is 0 Å². The van der Waals surface area contributed by atoms with E-state index >= 15 is 0 Å². The molecule has 0 bridgehead atoms. The summed E-state index contributed by atoms with van der Waals surface area (Å²) in [5.74, 6) is 0.0630. The van der Waals surface area contributed by atoms with Crippen molar-refractivity contribution in [3.8, 4) is 0 Å². The van der Waals surface area contributed by atoms with Crippen molar-refractivity contribution in [3.05, 3.63) is 30.1 Å². The number of pyridine rings is 1. The summed E-state index contributed by atoms with van der Waals surface area (Å²) in [6.07, 6.45) is 5.51. The number of nitrogens with zero attached hydrogens (tertiary/aromatic N) is 2. The quantitative estimate of drug-likeness (QED) is 0.433. The first-order valence-corrected chi connectivity index (χ1v) is 5.43. The highest BCUT2D eigenvalue weighted by Gasteiger charge is 2.08. The average Bonchev–Trinajstić information content (AvgIpc) is 2.26. The molecule has 0 fully saturated rings. The maximum absolute atomic E-state index is 11.6. The van der Waals surface area contributed by atoms with E-state index in [2.05, 4.69) is 9.98 Å². The van der Waals surface area contributed by atoms with Gasteiger partial charge in [0.05, 0.1) is 11.5 Å². The number of thioether (sulfide) groups is 1. The van der Waals surface area contributed by atoms with E-state index < -0.39 is 0 Å². The fourth-order valence-corrected chi connectivity index (χ4v) is 1.47. The van der Waals surface area contributed by atoms with Crippen LogP contribution in [-0.2, 0) is 0 Å².